The molecular formula is C9H17NO. The summed E-state index contributed by atoms with van der Waals surface area (Å²) in [5, 5.41) is 0. The minimum absolute atomic E-state index is 0.167. The van der Waals surface area contributed by atoms with E-state index < -0.39 is 0 Å². The number of carbonyl (C=O) groups excluding carboxylic acids is 1. The smallest absolute Gasteiger partial charge is 0.225 e. The number of amides is 1. The SMILES string of the molecule is CC(C)C(=O)N1CC[C@@H](C)C1. The predicted octanol–water partition coefficient (Wildman–Crippen LogP) is 1.51. The molecule has 11 heavy (non-hydrogen) atoms. The van der Waals surface area contributed by atoms with Crippen LogP contribution in [0.5, 0.6) is 0 Å². The molecule has 1 amide bonds. The summed E-state index contributed by atoms with van der Waals surface area (Å²) in [6.07, 6.45) is 1.18. The van der Waals surface area contributed by atoms with Crippen LogP contribution in [0.4, 0.5) is 0 Å². The lowest BCUT2D eigenvalue weighted by Crippen LogP contribution is -2.31. The molecule has 0 bridgehead atoms. The Hall–Kier alpha value is -0.530. The summed E-state index contributed by atoms with van der Waals surface area (Å²) in [5.74, 6) is 1.19. The minimum Gasteiger partial charge on any atom is -0.342 e. The van der Waals surface area contributed by atoms with Gasteiger partial charge in [-0.05, 0) is 12.3 Å². The summed E-state index contributed by atoms with van der Waals surface area (Å²) in [5.41, 5.74) is 0. The molecule has 0 radical (unpaired) electrons. The van der Waals surface area contributed by atoms with Crippen LogP contribution in [0.1, 0.15) is 27.2 Å². The third-order valence-electron chi connectivity index (χ3n) is 2.23. The molecule has 1 rings (SSSR count). The molecule has 1 aliphatic heterocycles. The van der Waals surface area contributed by atoms with Gasteiger partial charge in [-0.2, -0.15) is 0 Å². The lowest BCUT2D eigenvalue weighted by atomic mass is 10.2. The first-order chi connectivity index (χ1) is 5.11. The summed E-state index contributed by atoms with van der Waals surface area (Å²) in [7, 11) is 0. The first-order valence-electron chi connectivity index (χ1n) is 4.40. The molecule has 0 saturated carbocycles. The molecule has 0 spiro atoms. The van der Waals surface area contributed by atoms with E-state index in [9.17, 15) is 4.79 Å². The van der Waals surface area contributed by atoms with Crippen molar-refractivity contribution in [2.75, 3.05) is 13.1 Å². The average Bonchev–Trinajstić information content (AvgIpc) is 2.34. The van der Waals surface area contributed by atoms with Gasteiger partial charge >= 0.3 is 0 Å². The maximum absolute atomic E-state index is 11.4. The van der Waals surface area contributed by atoms with E-state index in [1.54, 1.807) is 0 Å². The molecule has 0 N–H and O–H groups in total. The van der Waals surface area contributed by atoms with Crippen molar-refractivity contribution in [2.45, 2.75) is 27.2 Å². The van der Waals surface area contributed by atoms with Crippen LogP contribution in [0.2, 0.25) is 0 Å². The lowest BCUT2D eigenvalue weighted by Gasteiger charge is -2.17. The molecule has 1 aliphatic rings. The van der Waals surface area contributed by atoms with E-state index in [2.05, 4.69) is 6.92 Å². The Kier molecular flexibility index (Phi) is 2.53. The third-order valence-corrected chi connectivity index (χ3v) is 2.23. The minimum atomic E-state index is 0.167. The fourth-order valence-corrected chi connectivity index (χ4v) is 1.50. The highest BCUT2D eigenvalue weighted by molar-refractivity contribution is 5.78. The summed E-state index contributed by atoms with van der Waals surface area (Å²) < 4.78 is 0. The van der Waals surface area contributed by atoms with Gasteiger partial charge in [0.25, 0.3) is 0 Å². The Morgan fingerprint density at radius 3 is 2.55 bits per heavy atom. The van der Waals surface area contributed by atoms with Gasteiger partial charge in [0.2, 0.25) is 5.91 Å². The van der Waals surface area contributed by atoms with E-state index in [0.717, 1.165) is 13.1 Å². The summed E-state index contributed by atoms with van der Waals surface area (Å²) in [6, 6.07) is 0. The van der Waals surface area contributed by atoms with Crippen molar-refractivity contribution in [3.05, 3.63) is 0 Å². The second-order valence-electron chi connectivity index (χ2n) is 3.83. The first kappa shape index (κ1) is 8.57. The van der Waals surface area contributed by atoms with Gasteiger partial charge in [0.15, 0.2) is 0 Å². The second-order valence-corrected chi connectivity index (χ2v) is 3.83. The number of hydrogen-bond acceptors (Lipinski definition) is 1. The van der Waals surface area contributed by atoms with Gasteiger partial charge in [-0.15, -0.1) is 0 Å². The maximum Gasteiger partial charge on any atom is 0.225 e. The highest BCUT2D eigenvalue weighted by Gasteiger charge is 2.24. The van der Waals surface area contributed by atoms with Crippen molar-refractivity contribution in [3.63, 3.8) is 0 Å². The molecular weight excluding hydrogens is 138 g/mol. The van der Waals surface area contributed by atoms with Crippen LogP contribution in [0.3, 0.4) is 0 Å². The number of rotatable bonds is 1. The Bertz CT molecular complexity index is 154. The molecule has 1 saturated heterocycles. The third kappa shape index (κ3) is 1.95. The predicted molar refractivity (Wildman–Crippen MR) is 45.2 cm³/mol. The maximum atomic E-state index is 11.4. The normalized spacial score (nSPS) is 24.7. The monoisotopic (exact) mass is 155 g/mol. The fourth-order valence-electron chi connectivity index (χ4n) is 1.50. The van der Waals surface area contributed by atoms with Crippen LogP contribution in [-0.4, -0.2) is 23.9 Å². The quantitative estimate of drug-likeness (QED) is 0.562. The zero-order valence-corrected chi connectivity index (χ0v) is 7.63. The molecule has 0 aromatic rings. The number of nitrogens with zero attached hydrogens (tertiary/aromatic N) is 1. The molecule has 0 unspecified atom stereocenters. The number of carbonyl (C=O) groups is 1. The Morgan fingerprint density at radius 2 is 2.18 bits per heavy atom. The second kappa shape index (κ2) is 3.24. The van der Waals surface area contributed by atoms with Crippen LogP contribution >= 0.6 is 0 Å². The molecule has 0 aliphatic carbocycles. The van der Waals surface area contributed by atoms with Gasteiger partial charge < -0.3 is 4.90 Å². The topological polar surface area (TPSA) is 20.3 Å². The van der Waals surface area contributed by atoms with E-state index >= 15 is 0 Å². The molecule has 2 nitrogen and oxygen atoms in total. The molecule has 1 heterocycles. The lowest BCUT2D eigenvalue weighted by molar-refractivity contribution is -0.133. The molecule has 2 heteroatoms. The number of hydrogen-bond donors (Lipinski definition) is 0. The summed E-state index contributed by atoms with van der Waals surface area (Å²) in [4.78, 5) is 13.4. The first-order valence-corrected chi connectivity index (χ1v) is 4.40. The Morgan fingerprint density at radius 1 is 1.55 bits per heavy atom. The van der Waals surface area contributed by atoms with Crippen LogP contribution in [0.15, 0.2) is 0 Å². The van der Waals surface area contributed by atoms with E-state index in [1.165, 1.54) is 6.42 Å². The van der Waals surface area contributed by atoms with Gasteiger partial charge in [-0.3, -0.25) is 4.79 Å². The summed E-state index contributed by atoms with van der Waals surface area (Å²) in [6.45, 7) is 8.07. The van der Waals surface area contributed by atoms with Crippen LogP contribution in [0, 0.1) is 11.8 Å². The largest absolute Gasteiger partial charge is 0.342 e. The molecule has 0 aromatic heterocycles. The Balaban J connectivity index is 2.43. The van der Waals surface area contributed by atoms with Crippen molar-refractivity contribution in [2.24, 2.45) is 11.8 Å². The van der Waals surface area contributed by atoms with Gasteiger partial charge in [0.05, 0.1) is 0 Å². The summed E-state index contributed by atoms with van der Waals surface area (Å²) >= 11 is 0. The van der Waals surface area contributed by atoms with Crippen LogP contribution in [-0.2, 0) is 4.79 Å². The van der Waals surface area contributed by atoms with Gasteiger partial charge in [-0.1, -0.05) is 20.8 Å². The van der Waals surface area contributed by atoms with Crippen molar-refractivity contribution in [1.29, 1.82) is 0 Å². The van der Waals surface area contributed by atoms with Crippen LogP contribution in [0.25, 0.3) is 0 Å². The van der Waals surface area contributed by atoms with Crippen LogP contribution < -0.4 is 0 Å². The molecule has 1 fully saturated rings. The van der Waals surface area contributed by atoms with E-state index in [4.69, 9.17) is 0 Å². The molecule has 64 valence electrons. The van der Waals surface area contributed by atoms with Gasteiger partial charge in [0.1, 0.15) is 0 Å². The van der Waals surface area contributed by atoms with E-state index in [-0.39, 0.29) is 5.92 Å². The van der Waals surface area contributed by atoms with Crippen molar-refractivity contribution in [1.82, 2.24) is 4.90 Å². The van der Waals surface area contributed by atoms with E-state index in [1.807, 2.05) is 18.7 Å². The Labute approximate surface area is 68.6 Å². The standard InChI is InChI=1S/C9H17NO/c1-7(2)9(11)10-5-4-8(3)6-10/h7-8H,4-6H2,1-3H3/t8-/m1/s1. The van der Waals surface area contributed by atoms with Crippen molar-refractivity contribution >= 4 is 5.91 Å². The fraction of sp³-hybridized carbons (Fsp3) is 0.889. The zero-order chi connectivity index (χ0) is 8.43. The van der Waals surface area contributed by atoms with Crippen molar-refractivity contribution < 1.29 is 4.79 Å². The van der Waals surface area contributed by atoms with Gasteiger partial charge in [-0.25, -0.2) is 0 Å². The highest BCUT2D eigenvalue weighted by Crippen LogP contribution is 2.16. The molecule has 1 atom stereocenters. The van der Waals surface area contributed by atoms with Gasteiger partial charge in [0, 0.05) is 19.0 Å². The molecule has 0 aromatic carbocycles. The average molecular weight is 155 g/mol. The number of likely N-dealkylation sites (tertiary alicyclic amines) is 1. The van der Waals surface area contributed by atoms with Crippen molar-refractivity contribution in [3.8, 4) is 0 Å². The highest BCUT2D eigenvalue weighted by atomic mass is 16.2. The van der Waals surface area contributed by atoms with E-state index in [0.29, 0.717) is 11.8 Å². The zero-order valence-electron chi connectivity index (χ0n) is 7.63.